The molecule has 22 heavy (non-hydrogen) atoms. The SMILES string of the molecule is CC[C@H](NC(=O)CN1CCCCCC1=O)c1cc(C)ccn1. The van der Waals surface area contributed by atoms with Crippen molar-refractivity contribution in [3.8, 4) is 0 Å². The molecule has 1 atom stereocenters. The normalized spacial score (nSPS) is 17.0. The summed E-state index contributed by atoms with van der Waals surface area (Å²) in [6.07, 6.45) is 6.07. The van der Waals surface area contributed by atoms with Gasteiger partial charge < -0.3 is 10.2 Å². The second-order valence-corrected chi connectivity index (χ2v) is 5.91. The molecule has 120 valence electrons. The summed E-state index contributed by atoms with van der Waals surface area (Å²) in [5, 5.41) is 3.00. The van der Waals surface area contributed by atoms with Gasteiger partial charge in [-0.25, -0.2) is 0 Å². The number of aromatic nitrogens is 1. The highest BCUT2D eigenvalue weighted by atomic mass is 16.2. The fraction of sp³-hybridized carbons (Fsp3) is 0.588. The number of carbonyl (C=O) groups is 2. The number of hydrogen-bond donors (Lipinski definition) is 1. The van der Waals surface area contributed by atoms with Crippen molar-refractivity contribution in [2.75, 3.05) is 13.1 Å². The van der Waals surface area contributed by atoms with E-state index in [1.54, 1.807) is 11.1 Å². The average Bonchev–Trinajstić information content (AvgIpc) is 2.70. The van der Waals surface area contributed by atoms with Gasteiger partial charge in [-0.3, -0.25) is 14.6 Å². The molecule has 0 radical (unpaired) electrons. The molecule has 1 aromatic heterocycles. The Morgan fingerprint density at radius 2 is 2.23 bits per heavy atom. The van der Waals surface area contributed by atoms with Crippen LogP contribution in [0.15, 0.2) is 18.3 Å². The van der Waals surface area contributed by atoms with E-state index in [1.165, 1.54) is 0 Å². The van der Waals surface area contributed by atoms with Crippen LogP contribution in [0.2, 0.25) is 0 Å². The van der Waals surface area contributed by atoms with Gasteiger partial charge in [-0.15, -0.1) is 0 Å². The zero-order valence-electron chi connectivity index (χ0n) is 13.5. The van der Waals surface area contributed by atoms with E-state index in [1.807, 2.05) is 26.0 Å². The van der Waals surface area contributed by atoms with Gasteiger partial charge in [0.25, 0.3) is 0 Å². The van der Waals surface area contributed by atoms with Gasteiger partial charge in [0.05, 0.1) is 18.3 Å². The lowest BCUT2D eigenvalue weighted by atomic mass is 10.1. The van der Waals surface area contributed by atoms with E-state index in [4.69, 9.17) is 0 Å². The number of nitrogens with one attached hydrogen (secondary N) is 1. The molecule has 1 aliphatic heterocycles. The van der Waals surface area contributed by atoms with Crippen molar-refractivity contribution in [3.63, 3.8) is 0 Å². The summed E-state index contributed by atoms with van der Waals surface area (Å²) < 4.78 is 0. The van der Waals surface area contributed by atoms with Crippen molar-refractivity contribution in [3.05, 3.63) is 29.6 Å². The Kier molecular flexibility index (Phi) is 5.92. The first-order valence-corrected chi connectivity index (χ1v) is 8.10. The van der Waals surface area contributed by atoms with Crippen molar-refractivity contribution in [2.24, 2.45) is 0 Å². The molecule has 2 rings (SSSR count). The quantitative estimate of drug-likeness (QED) is 0.908. The van der Waals surface area contributed by atoms with Crippen LogP contribution >= 0.6 is 0 Å². The van der Waals surface area contributed by atoms with E-state index < -0.39 is 0 Å². The number of aryl methyl sites for hydroxylation is 1. The van der Waals surface area contributed by atoms with Gasteiger partial charge >= 0.3 is 0 Å². The van der Waals surface area contributed by atoms with Crippen molar-refractivity contribution in [1.82, 2.24) is 15.2 Å². The fourth-order valence-corrected chi connectivity index (χ4v) is 2.75. The van der Waals surface area contributed by atoms with Gasteiger partial charge in [0.15, 0.2) is 0 Å². The number of nitrogens with zero attached hydrogens (tertiary/aromatic N) is 2. The summed E-state index contributed by atoms with van der Waals surface area (Å²) in [5.41, 5.74) is 2.00. The number of amides is 2. The maximum absolute atomic E-state index is 12.3. The highest BCUT2D eigenvalue weighted by molar-refractivity contribution is 5.85. The lowest BCUT2D eigenvalue weighted by molar-refractivity contribution is -0.135. The monoisotopic (exact) mass is 303 g/mol. The highest BCUT2D eigenvalue weighted by Crippen LogP contribution is 2.15. The lowest BCUT2D eigenvalue weighted by Crippen LogP contribution is -2.41. The molecule has 1 N–H and O–H groups in total. The van der Waals surface area contributed by atoms with Gasteiger partial charge in [0.1, 0.15) is 0 Å². The van der Waals surface area contributed by atoms with E-state index in [0.29, 0.717) is 13.0 Å². The van der Waals surface area contributed by atoms with Gasteiger partial charge in [0, 0.05) is 19.2 Å². The maximum Gasteiger partial charge on any atom is 0.240 e. The summed E-state index contributed by atoms with van der Waals surface area (Å²) in [5.74, 6) is -0.0141. The van der Waals surface area contributed by atoms with E-state index in [9.17, 15) is 9.59 Å². The molecule has 1 aromatic rings. The predicted molar refractivity (Wildman–Crippen MR) is 85.2 cm³/mol. The molecule has 1 saturated heterocycles. The molecule has 0 unspecified atom stereocenters. The number of rotatable bonds is 5. The zero-order valence-corrected chi connectivity index (χ0v) is 13.5. The van der Waals surface area contributed by atoms with Gasteiger partial charge in [-0.05, 0) is 43.9 Å². The molecule has 0 bridgehead atoms. The second kappa shape index (κ2) is 7.92. The first kappa shape index (κ1) is 16.5. The third-order valence-corrected chi connectivity index (χ3v) is 4.04. The minimum atomic E-state index is -0.106. The smallest absolute Gasteiger partial charge is 0.240 e. The third-order valence-electron chi connectivity index (χ3n) is 4.04. The van der Waals surface area contributed by atoms with Crippen molar-refractivity contribution in [1.29, 1.82) is 0 Å². The van der Waals surface area contributed by atoms with Crippen LogP contribution in [-0.2, 0) is 9.59 Å². The Hall–Kier alpha value is -1.91. The number of pyridine rings is 1. The minimum Gasteiger partial charge on any atom is -0.346 e. The molecule has 1 aliphatic rings. The average molecular weight is 303 g/mol. The van der Waals surface area contributed by atoms with Crippen LogP contribution in [-0.4, -0.2) is 34.8 Å². The summed E-state index contributed by atoms with van der Waals surface area (Å²) >= 11 is 0. The predicted octanol–water partition coefficient (Wildman–Crippen LogP) is 2.36. The first-order valence-electron chi connectivity index (χ1n) is 8.10. The summed E-state index contributed by atoms with van der Waals surface area (Å²) in [7, 11) is 0. The summed E-state index contributed by atoms with van der Waals surface area (Å²) in [6.45, 7) is 4.87. The Morgan fingerprint density at radius 3 is 2.95 bits per heavy atom. The van der Waals surface area contributed by atoms with E-state index >= 15 is 0 Å². The van der Waals surface area contributed by atoms with Crippen LogP contribution < -0.4 is 5.32 Å². The van der Waals surface area contributed by atoms with E-state index in [2.05, 4.69) is 10.3 Å². The molecule has 1 fully saturated rings. The third kappa shape index (κ3) is 4.55. The molecular weight excluding hydrogens is 278 g/mol. The lowest BCUT2D eigenvalue weighted by Gasteiger charge is -2.22. The number of hydrogen-bond acceptors (Lipinski definition) is 3. The first-order chi connectivity index (χ1) is 10.6. The van der Waals surface area contributed by atoms with Gasteiger partial charge in [-0.1, -0.05) is 13.3 Å². The van der Waals surface area contributed by atoms with Crippen LogP contribution in [0.1, 0.15) is 56.3 Å². The molecule has 2 amide bonds. The van der Waals surface area contributed by atoms with Crippen LogP contribution in [0.3, 0.4) is 0 Å². The van der Waals surface area contributed by atoms with Crippen molar-refractivity contribution in [2.45, 2.75) is 52.0 Å². The number of carbonyl (C=O) groups excluding carboxylic acids is 2. The van der Waals surface area contributed by atoms with Gasteiger partial charge in [-0.2, -0.15) is 0 Å². The minimum absolute atomic E-state index is 0.0920. The van der Waals surface area contributed by atoms with Crippen LogP contribution in [0.25, 0.3) is 0 Å². The van der Waals surface area contributed by atoms with Crippen LogP contribution in [0.5, 0.6) is 0 Å². The molecule has 5 heteroatoms. The zero-order chi connectivity index (χ0) is 15.9. The van der Waals surface area contributed by atoms with Crippen LogP contribution in [0.4, 0.5) is 0 Å². The maximum atomic E-state index is 12.3. The summed E-state index contributed by atoms with van der Waals surface area (Å²) in [4.78, 5) is 30.2. The largest absolute Gasteiger partial charge is 0.346 e. The second-order valence-electron chi connectivity index (χ2n) is 5.91. The molecule has 0 saturated carbocycles. The standard InChI is InChI=1S/C17H25N3O2/c1-3-14(15-11-13(2)8-9-18-15)19-16(21)12-20-10-6-4-5-7-17(20)22/h8-9,11,14H,3-7,10,12H2,1-2H3,(H,19,21)/t14-/m0/s1. The number of likely N-dealkylation sites (tertiary alicyclic amines) is 1. The molecule has 0 spiro atoms. The molecule has 0 aromatic carbocycles. The Bertz CT molecular complexity index is 530. The van der Waals surface area contributed by atoms with Gasteiger partial charge in [0.2, 0.25) is 11.8 Å². The van der Waals surface area contributed by atoms with Crippen molar-refractivity contribution < 1.29 is 9.59 Å². The molecule has 0 aliphatic carbocycles. The molecular formula is C17H25N3O2. The van der Waals surface area contributed by atoms with E-state index in [-0.39, 0.29) is 24.4 Å². The van der Waals surface area contributed by atoms with Crippen LogP contribution in [0, 0.1) is 6.92 Å². The highest BCUT2D eigenvalue weighted by Gasteiger charge is 2.21. The Morgan fingerprint density at radius 1 is 1.41 bits per heavy atom. The molecule has 5 nitrogen and oxygen atoms in total. The summed E-state index contributed by atoms with van der Waals surface area (Å²) in [6, 6.07) is 3.83. The van der Waals surface area contributed by atoms with E-state index in [0.717, 1.165) is 36.9 Å². The topological polar surface area (TPSA) is 62.3 Å². The Labute approximate surface area is 132 Å². The fourth-order valence-electron chi connectivity index (χ4n) is 2.75. The Balaban J connectivity index is 1.95. The molecule has 2 heterocycles. The van der Waals surface area contributed by atoms with Crippen molar-refractivity contribution >= 4 is 11.8 Å².